The molecule has 0 aromatic carbocycles. The van der Waals surface area contributed by atoms with Crippen LogP contribution in [0.1, 0.15) is 32.9 Å². The molecule has 2 aliphatic heterocycles. The lowest BCUT2D eigenvalue weighted by Crippen LogP contribution is -2.26. The van der Waals surface area contributed by atoms with Crippen molar-refractivity contribution in [3.63, 3.8) is 0 Å². The van der Waals surface area contributed by atoms with E-state index in [1.807, 2.05) is 20.8 Å². The first kappa shape index (κ1) is 15.1. The van der Waals surface area contributed by atoms with Crippen LogP contribution in [0.3, 0.4) is 0 Å². The van der Waals surface area contributed by atoms with Crippen LogP contribution in [-0.4, -0.2) is 35.6 Å². The Bertz CT molecular complexity index is 612. The Morgan fingerprint density at radius 1 is 1.27 bits per heavy atom. The van der Waals surface area contributed by atoms with E-state index in [9.17, 15) is 8.78 Å². The second kappa shape index (κ2) is 5.10. The van der Waals surface area contributed by atoms with Crippen molar-refractivity contribution in [1.82, 2.24) is 9.97 Å². The minimum Gasteiger partial charge on any atom is -0.463 e. The normalized spacial score (nSPS) is 19.6. The fraction of sp³-hybridized carbons (Fsp3) is 0.714. The Kier molecular flexibility index (Phi) is 3.49. The summed E-state index contributed by atoms with van der Waals surface area (Å²) in [6.45, 7) is 6.76. The number of halogens is 2. The molecule has 0 atom stereocenters. The van der Waals surface area contributed by atoms with E-state index < -0.39 is 5.92 Å². The van der Waals surface area contributed by atoms with Crippen LogP contribution in [0.25, 0.3) is 0 Å². The van der Waals surface area contributed by atoms with Crippen LogP contribution in [0.2, 0.25) is 0 Å². The molecule has 1 aromatic heterocycles. The number of anilines is 1. The highest BCUT2D eigenvalue weighted by Gasteiger charge is 2.40. The van der Waals surface area contributed by atoms with Gasteiger partial charge in [0.25, 0.3) is 5.92 Å². The molecule has 0 saturated carbocycles. The van der Waals surface area contributed by atoms with Gasteiger partial charge in [-0.15, -0.1) is 5.11 Å². The van der Waals surface area contributed by atoms with Gasteiger partial charge in [-0.1, -0.05) is 20.8 Å². The second-order valence-electron chi connectivity index (χ2n) is 6.90. The lowest BCUT2D eigenvalue weighted by molar-refractivity contribution is 0.0256. The average molecular weight is 311 g/mol. The zero-order valence-electron chi connectivity index (χ0n) is 12.9. The van der Waals surface area contributed by atoms with Crippen molar-refractivity contribution in [3.05, 3.63) is 5.69 Å². The summed E-state index contributed by atoms with van der Waals surface area (Å²) in [6, 6.07) is 0.200. The molecule has 3 heterocycles. The highest BCUT2D eigenvalue weighted by atomic mass is 19.3. The molecule has 1 saturated heterocycles. The Morgan fingerprint density at radius 3 is 2.68 bits per heavy atom. The number of ether oxygens (including phenoxy) is 1. The monoisotopic (exact) mass is 311 g/mol. The van der Waals surface area contributed by atoms with Gasteiger partial charge in [-0.3, -0.25) is 0 Å². The van der Waals surface area contributed by atoms with Gasteiger partial charge in [-0.25, -0.2) is 8.78 Å². The van der Waals surface area contributed by atoms with Gasteiger partial charge in [-0.05, 0) is 5.41 Å². The number of alkyl halides is 2. The summed E-state index contributed by atoms with van der Waals surface area (Å²) in [4.78, 5) is 10.1. The molecule has 0 aliphatic carbocycles. The maximum atomic E-state index is 13.5. The largest absolute Gasteiger partial charge is 0.463 e. The smallest absolute Gasteiger partial charge is 0.318 e. The topological polar surface area (TPSA) is 63.0 Å². The molecule has 0 amide bonds. The van der Waals surface area contributed by atoms with E-state index in [0.29, 0.717) is 30.4 Å². The highest BCUT2D eigenvalue weighted by Crippen LogP contribution is 2.39. The molecule has 0 unspecified atom stereocenters. The summed E-state index contributed by atoms with van der Waals surface area (Å²) in [5.74, 6) is -2.30. The standard InChI is InChI=1S/C14H19F2N5O/c1-13(2,3)8-22-12-18-9-6-17-20-10(9)11(19-12)21-5-4-14(15,16)7-21/h4-8H2,1-3H3. The molecule has 0 radical (unpaired) electrons. The second-order valence-corrected chi connectivity index (χ2v) is 6.90. The van der Waals surface area contributed by atoms with Crippen LogP contribution in [0.5, 0.6) is 6.01 Å². The predicted octanol–water partition coefficient (Wildman–Crippen LogP) is 3.34. The van der Waals surface area contributed by atoms with Gasteiger partial charge in [0, 0.05) is 13.0 Å². The SMILES string of the molecule is CC(C)(C)COc1nc2c(c(N3CCC(F)(F)C3)n1)N=NC2. The van der Waals surface area contributed by atoms with Crippen LogP contribution in [-0.2, 0) is 6.54 Å². The number of hydrogen-bond acceptors (Lipinski definition) is 6. The van der Waals surface area contributed by atoms with Crippen LogP contribution in [0.4, 0.5) is 20.3 Å². The molecule has 3 rings (SSSR count). The first-order chi connectivity index (χ1) is 10.2. The molecule has 8 heteroatoms. The van der Waals surface area contributed by atoms with Crippen LogP contribution in [0, 0.1) is 5.41 Å². The molecule has 0 bridgehead atoms. The lowest BCUT2D eigenvalue weighted by atomic mass is 9.99. The Morgan fingerprint density at radius 2 is 2.05 bits per heavy atom. The minimum atomic E-state index is -2.69. The number of hydrogen-bond donors (Lipinski definition) is 0. The first-order valence-electron chi connectivity index (χ1n) is 7.28. The number of nitrogens with zero attached hydrogens (tertiary/aromatic N) is 5. The summed E-state index contributed by atoms with van der Waals surface area (Å²) in [5.41, 5.74) is 1.07. The Labute approximate surface area is 127 Å². The molecule has 0 spiro atoms. The van der Waals surface area contributed by atoms with Crippen molar-refractivity contribution in [2.24, 2.45) is 15.6 Å². The molecule has 1 aromatic rings. The van der Waals surface area contributed by atoms with Gasteiger partial charge in [0.05, 0.1) is 13.2 Å². The van der Waals surface area contributed by atoms with Crippen LogP contribution in [0.15, 0.2) is 10.2 Å². The first-order valence-corrected chi connectivity index (χ1v) is 7.28. The van der Waals surface area contributed by atoms with Gasteiger partial charge >= 0.3 is 6.01 Å². The molecule has 22 heavy (non-hydrogen) atoms. The molecule has 120 valence electrons. The molecule has 6 nitrogen and oxygen atoms in total. The van der Waals surface area contributed by atoms with Crippen molar-refractivity contribution in [2.75, 3.05) is 24.6 Å². The van der Waals surface area contributed by atoms with Gasteiger partial charge in [0.2, 0.25) is 0 Å². The Hall–Kier alpha value is -1.86. The lowest BCUT2D eigenvalue weighted by Gasteiger charge is -2.21. The van der Waals surface area contributed by atoms with E-state index in [4.69, 9.17) is 4.74 Å². The summed E-state index contributed by atoms with van der Waals surface area (Å²) in [7, 11) is 0. The maximum Gasteiger partial charge on any atom is 0.318 e. The molecule has 0 N–H and O–H groups in total. The minimum absolute atomic E-state index is 0.0437. The quantitative estimate of drug-likeness (QED) is 0.859. The van der Waals surface area contributed by atoms with Gasteiger partial charge in [0.1, 0.15) is 12.2 Å². The van der Waals surface area contributed by atoms with Crippen molar-refractivity contribution < 1.29 is 13.5 Å². The molecule has 2 aliphatic rings. The van der Waals surface area contributed by atoms with Gasteiger partial charge in [-0.2, -0.15) is 15.1 Å². The number of fused-ring (bicyclic) bond motifs is 1. The van der Waals surface area contributed by atoms with E-state index in [1.165, 1.54) is 4.90 Å². The van der Waals surface area contributed by atoms with E-state index in [1.54, 1.807) is 0 Å². The fourth-order valence-corrected chi connectivity index (χ4v) is 2.33. The number of aromatic nitrogens is 2. The van der Waals surface area contributed by atoms with Crippen molar-refractivity contribution >= 4 is 11.5 Å². The van der Waals surface area contributed by atoms with E-state index in [-0.39, 0.29) is 30.9 Å². The maximum absolute atomic E-state index is 13.5. The zero-order chi connectivity index (χ0) is 16.0. The third-order valence-electron chi connectivity index (χ3n) is 3.41. The van der Waals surface area contributed by atoms with Gasteiger partial charge in [0.15, 0.2) is 11.5 Å². The molecular formula is C14H19F2N5O. The Balaban J connectivity index is 1.88. The number of azo groups is 1. The van der Waals surface area contributed by atoms with Crippen molar-refractivity contribution in [2.45, 2.75) is 39.7 Å². The fourth-order valence-electron chi connectivity index (χ4n) is 2.33. The summed E-state index contributed by atoms with van der Waals surface area (Å²) in [5, 5.41) is 7.92. The summed E-state index contributed by atoms with van der Waals surface area (Å²) >= 11 is 0. The third kappa shape index (κ3) is 3.15. The highest BCUT2D eigenvalue weighted by molar-refractivity contribution is 5.66. The van der Waals surface area contributed by atoms with Crippen LogP contribution >= 0.6 is 0 Å². The van der Waals surface area contributed by atoms with Crippen LogP contribution < -0.4 is 9.64 Å². The summed E-state index contributed by atoms with van der Waals surface area (Å²) in [6.07, 6.45) is -0.179. The zero-order valence-corrected chi connectivity index (χ0v) is 12.9. The van der Waals surface area contributed by atoms with E-state index >= 15 is 0 Å². The molecule has 1 fully saturated rings. The average Bonchev–Trinajstić information content (AvgIpc) is 3.00. The predicted molar refractivity (Wildman–Crippen MR) is 77.0 cm³/mol. The van der Waals surface area contributed by atoms with E-state index in [0.717, 1.165) is 0 Å². The summed E-state index contributed by atoms with van der Waals surface area (Å²) < 4.78 is 32.6. The van der Waals surface area contributed by atoms with Crippen molar-refractivity contribution in [1.29, 1.82) is 0 Å². The van der Waals surface area contributed by atoms with Crippen molar-refractivity contribution in [3.8, 4) is 6.01 Å². The molecular weight excluding hydrogens is 292 g/mol. The van der Waals surface area contributed by atoms with Gasteiger partial charge < -0.3 is 9.64 Å². The third-order valence-corrected chi connectivity index (χ3v) is 3.41. The van der Waals surface area contributed by atoms with E-state index in [2.05, 4.69) is 20.2 Å². The number of rotatable bonds is 3.